The summed E-state index contributed by atoms with van der Waals surface area (Å²) in [6, 6.07) is 108. The minimum Gasteiger partial charge on any atom is -0.310 e. The molecule has 2 heteroatoms. The molecule has 0 amide bonds. The van der Waals surface area contributed by atoms with Crippen molar-refractivity contribution < 1.29 is 0 Å². The molecular formula is C75H48N2. The van der Waals surface area contributed by atoms with Crippen LogP contribution in [0.1, 0.15) is 22.3 Å². The lowest BCUT2D eigenvalue weighted by Crippen LogP contribution is -2.26. The predicted molar refractivity (Wildman–Crippen MR) is 323 cm³/mol. The first-order chi connectivity index (χ1) is 38.2. The monoisotopic (exact) mass is 976 g/mol. The average Bonchev–Trinajstić information content (AvgIpc) is 4.18. The van der Waals surface area contributed by atoms with Crippen LogP contribution in [-0.4, -0.2) is 4.57 Å². The van der Waals surface area contributed by atoms with Crippen LogP contribution >= 0.6 is 0 Å². The van der Waals surface area contributed by atoms with Gasteiger partial charge in [0.1, 0.15) is 0 Å². The van der Waals surface area contributed by atoms with E-state index in [1.54, 1.807) is 0 Å². The zero-order valence-electron chi connectivity index (χ0n) is 42.1. The van der Waals surface area contributed by atoms with Gasteiger partial charge in [-0.15, -0.1) is 0 Å². The molecule has 13 aromatic carbocycles. The van der Waals surface area contributed by atoms with Crippen LogP contribution in [-0.2, 0) is 5.41 Å². The Balaban J connectivity index is 0.783. The fourth-order valence-corrected chi connectivity index (χ4v) is 13.3. The van der Waals surface area contributed by atoms with E-state index in [0.717, 1.165) is 17.1 Å². The second-order valence-electron chi connectivity index (χ2n) is 20.8. The molecule has 0 unspecified atom stereocenters. The fraction of sp³-hybridized carbons (Fsp3) is 0.0133. The van der Waals surface area contributed by atoms with Gasteiger partial charge in [0, 0.05) is 33.2 Å². The van der Waals surface area contributed by atoms with Gasteiger partial charge in [-0.1, -0.05) is 224 Å². The Kier molecular flexibility index (Phi) is 9.58. The molecule has 1 aromatic heterocycles. The lowest BCUT2D eigenvalue weighted by Gasteiger charge is -2.32. The Morgan fingerprint density at radius 3 is 1.34 bits per heavy atom. The van der Waals surface area contributed by atoms with E-state index in [-0.39, 0.29) is 0 Å². The van der Waals surface area contributed by atoms with Gasteiger partial charge in [-0.2, -0.15) is 0 Å². The highest BCUT2D eigenvalue weighted by atomic mass is 15.1. The first-order valence-corrected chi connectivity index (χ1v) is 26.7. The molecule has 1 spiro atoms. The van der Waals surface area contributed by atoms with E-state index in [0.29, 0.717) is 0 Å². The fourth-order valence-electron chi connectivity index (χ4n) is 13.3. The summed E-state index contributed by atoms with van der Waals surface area (Å²) in [6.45, 7) is 0. The first-order valence-electron chi connectivity index (χ1n) is 26.7. The number of nitrogens with zero attached hydrogens (tertiary/aromatic N) is 2. The van der Waals surface area contributed by atoms with Crippen LogP contribution in [0.25, 0.3) is 105 Å². The van der Waals surface area contributed by atoms with Gasteiger partial charge in [0.25, 0.3) is 0 Å². The van der Waals surface area contributed by atoms with Crippen LogP contribution in [0.3, 0.4) is 0 Å². The van der Waals surface area contributed by atoms with Gasteiger partial charge < -0.3 is 9.47 Å². The number of benzene rings is 13. The minimum absolute atomic E-state index is 0.446. The maximum Gasteiger partial charge on any atom is 0.0726 e. The smallest absolute Gasteiger partial charge is 0.0726 e. The Labute approximate surface area is 447 Å². The van der Waals surface area contributed by atoms with Crippen molar-refractivity contribution in [3.8, 4) is 61.3 Å². The Hall–Kier alpha value is -10.0. The Morgan fingerprint density at radius 2 is 0.688 bits per heavy atom. The highest BCUT2D eigenvalue weighted by Crippen LogP contribution is 2.63. The molecule has 0 fully saturated rings. The van der Waals surface area contributed by atoms with Crippen LogP contribution in [0, 0.1) is 0 Å². The van der Waals surface area contributed by atoms with E-state index >= 15 is 0 Å². The summed E-state index contributed by atoms with van der Waals surface area (Å²) in [5.74, 6) is 0. The topological polar surface area (TPSA) is 8.17 Å². The lowest BCUT2D eigenvalue weighted by molar-refractivity contribution is 0.793. The van der Waals surface area contributed by atoms with Crippen molar-refractivity contribution in [1.82, 2.24) is 4.57 Å². The van der Waals surface area contributed by atoms with Crippen molar-refractivity contribution in [2.45, 2.75) is 5.41 Å². The zero-order chi connectivity index (χ0) is 50.6. The number of hydrogen-bond acceptors (Lipinski definition) is 1. The largest absolute Gasteiger partial charge is 0.310 e. The molecule has 0 aliphatic heterocycles. The zero-order valence-corrected chi connectivity index (χ0v) is 42.1. The van der Waals surface area contributed by atoms with Crippen molar-refractivity contribution >= 4 is 60.4 Å². The van der Waals surface area contributed by atoms with Crippen molar-refractivity contribution in [1.29, 1.82) is 0 Å². The van der Waals surface area contributed by atoms with Crippen LogP contribution < -0.4 is 4.90 Å². The molecule has 2 aliphatic carbocycles. The van der Waals surface area contributed by atoms with E-state index in [1.165, 1.54) is 127 Å². The van der Waals surface area contributed by atoms with Gasteiger partial charge >= 0.3 is 0 Å². The summed E-state index contributed by atoms with van der Waals surface area (Å²) in [5.41, 5.74) is 24.2. The summed E-state index contributed by atoms with van der Waals surface area (Å²) < 4.78 is 2.43. The maximum atomic E-state index is 2.48. The van der Waals surface area contributed by atoms with Crippen molar-refractivity contribution in [2.75, 3.05) is 4.90 Å². The summed E-state index contributed by atoms with van der Waals surface area (Å²) in [7, 11) is 0. The van der Waals surface area contributed by atoms with Gasteiger partial charge in [0.2, 0.25) is 0 Å². The molecule has 14 aromatic rings. The third-order valence-corrected chi connectivity index (χ3v) is 16.8. The highest BCUT2D eigenvalue weighted by Gasteiger charge is 2.51. The molecule has 16 rings (SSSR count). The summed E-state index contributed by atoms with van der Waals surface area (Å²) in [4.78, 5) is 2.44. The standard InChI is InChI=1S/C75H48N2/c1-2-16-55-46-56(33-32-49(55)14-1)53-36-41-59(42-37-53)76(60-43-44-65-64-21-7-11-25-70(64)75(71(65)48-60)68-23-9-5-19-62(68)63-20-6-10-24-69(63)75)58-39-34-51(35-40-58)50-28-30-52(31-29-50)57-38-45-74-67(47-57)66-22-8-12-26-73(66)77(74)72-27-13-17-54-15-3-4-18-61(54)72/h1-48H. The maximum absolute atomic E-state index is 2.48. The predicted octanol–water partition coefficient (Wildman–Crippen LogP) is 19.9. The summed E-state index contributed by atoms with van der Waals surface area (Å²) in [6.07, 6.45) is 0. The minimum atomic E-state index is -0.446. The average molecular weight is 977 g/mol. The first kappa shape index (κ1) is 43.4. The van der Waals surface area contributed by atoms with Crippen molar-refractivity contribution in [2.24, 2.45) is 0 Å². The summed E-state index contributed by atoms with van der Waals surface area (Å²) in [5, 5.41) is 7.48. The number of aromatic nitrogens is 1. The van der Waals surface area contributed by atoms with Crippen molar-refractivity contribution in [3.05, 3.63) is 313 Å². The molecule has 2 nitrogen and oxygen atoms in total. The van der Waals surface area contributed by atoms with Gasteiger partial charge in [0.15, 0.2) is 0 Å². The van der Waals surface area contributed by atoms with E-state index in [2.05, 4.69) is 301 Å². The van der Waals surface area contributed by atoms with Crippen LogP contribution in [0.2, 0.25) is 0 Å². The number of rotatable bonds is 7. The van der Waals surface area contributed by atoms with Gasteiger partial charge in [-0.25, -0.2) is 0 Å². The second-order valence-corrected chi connectivity index (χ2v) is 20.8. The molecular weight excluding hydrogens is 929 g/mol. The molecule has 2 aliphatic rings. The number of para-hydroxylation sites is 1. The van der Waals surface area contributed by atoms with Crippen LogP contribution in [0.5, 0.6) is 0 Å². The SMILES string of the molecule is c1ccc2c(c1)-c1ccccc1C21c2ccccc2-c2ccc(N(c3ccc(-c4ccc(-c5ccc6c(c5)c5ccccc5n6-c5cccc6ccccc56)cc4)cc3)c3ccc(-c4ccc5ccccc5c4)cc3)cc21. The lowest BCUT2D eigenvalue weighted by atomic mass is 9.70. The molecule has 1 heterocycles. The normalized spacial score (nSPS) is 12.8. The quantitative estimate of drug-likeness (QED) is 0.154. The number of anilines is 3. The molecule has 0 N–H and O–H groups in total. The molecule has 77 heavy (non-hydrogen) atoms. The Morgan fingerprint density at radius 1 is 0.247 bits per heavy atom. The number of fused-ring (bicyclic) bond motifs is 15. The van der Waals surface area contributed by atoms with E-state index in [9.17, 15) is 0 Å². The van der Waals surface area contributed by atoms with Crippen LogP contribution in [0.4, 0.5) is 17.1 Å². The molecule has 0 saturated carbocycles. The van der Waals surface area contributed by atoms with E-state index in [1.807, 2.05) is 0 Å². The Bertz CT molecular complexity index is 4600. The van der Waals surface area contributed by atoms with Gasteiger partial charge in [-0.05, 0) is 161 Å². The van der Waals surface area contributed by atoms with E-state index in [4.69, 9.17) is 0 Å². The molecule has 0 atom stereocenters. The van der Waals surface area contributed by atoms with Crippen molar-refractivity contribution in [3.63, 3.8) is 0 Å². The molecule has 358 valence electrons. The van der Waals surface area contributed by atoms with E-state index < -0.39 is 5.41 Å². The summed E-state index contributed by atoms with van der Waals surface area (Å²) >= 11 is 0. The second kappa shape index (κ2) is 17.0. The van der Waals surface area contributed by atoms with Gasteiger partial charge in [0.05, 0.1) is 22.1 Å². The third-order valence-electron chi connectivity index (χ3n) is 16.8. The van der Waals surface area contributed by atoms with Gasteiger partial charge in [-0.3, -0.25) is 0 Å². The number of hydrogen-bond donors (Lipinski definition) is 0. The molecule has 0 bridgehead atoms. The molecule has 0 radical (unpaired) electrons. The highest BCUT2D eigenvalue weighted by molar-refractivity contribution is 6.12. The van der Waals surface area contributed by atoms with Crippen LogP contribution in [0.15, 0.2) is 291 Å². The molecule has 0 saturated heterocycles. The third kappa shape index (κ3) is 6.56.